The van der Waals surface area contributed by atoms with E-state index >= 15 is 0 Å². The lowest BCUT2D eigenvalue weighted by molar-refractivity contribution is 0.583. The summed E-state index contributed by atoms with van der Waals surface area (Å²) in [5.41, 5.74) is 1.03. The van der Waals surface area contributed by atoms with Crippen molar-refractivity contribution in [2.45, 2.75) is 22.9 Å². The SMILES string of the molecule is CCNCc1csc(S(=O)(=O)NCC2CSCCS2)c1. The highest BCUT2D eigenvalue weighted by Crippen LogP contribution is 2.24. The highest BCUT2D eigenvalue weighted by atomic mass is 32.2. The lowest BCUT2D eigenvalue weighted by Gasteiger charge is -2.20. The molecule has 0 aromatic carbocycles. The fourth-order valence-electron chi connectivity index (χ4n) is 1.78. The van der Waals surface area contributed by atoms with Gasteiger partial charge in [-0.3, -0.25) is 0 Å². The minimum Gasteiger partial charge on any atom is -0.313 e. The van der Waals surface area contributed by atoms with Gasteiger partial charge < -0.3 is 5.32 Å². The standard InChI is InChI=1S/C12H20N2O2S4/c1-2-13-6-10-5-12(19-8-10)20(15,16)14-7-11-9-17-3-4-18-11/h5,8,11,13-14H,2-4,6-7,9H2,1H3. The van der Waals surface area contributed by atoms with Crippen LogP contribution in [0.4, 0.5) is 0 Å². The lowest BCUT2D eigenvalue weighted by atomic mass is 10.3. The Labute approximate surface area is 133 Å². The van der Waals surface area contributed by atoms with Crippen LogP contribution in [0.2, 0.25) is 0 Å². The minimum atomic E-state index is -3.35. The molecule has 0 amide bonds. The molecule has 2 rings (SSSR count). The summed E-state index contributed by atoms with van der Waals surface area (Å²) in [6, 6.07) is 1.76. The smallest absolute Gasteiger partial charge is 0.250 e. The first-order chi connectivity index (χ1) is 9.62. The average Bonchev–Trinajstić information content (AvgIpc) is 2.94. The summed E-state index contributed by atoms with van der Waals surface area (Å²) in [5, 5.41) is 5.50. The fraction of sp³-hybridized carbons (Fsp3) is 0.667. The number of nitrogens with one attached hydrogen (secondary N) is 2. The second kappa shape index (κ2) is 8.05. The van der Waals surface area contributed by atoms with E-state index in [0.717, 1.165) is 30.2 Å². The van der Waals surface area contributed by atoms with Crippen LogP contribution < -0.4 is 10.0 Å². The van der Waals surface area contributed by atoms with Gasteiger partial charge in [0, 0.05) is 35.6 Å². The Bertz CT molecular complexity index is 509. The van der Waals surface area contributed by atoms with Gasteiger partial charge in [-0.2, -0.15) is 23.5 Å². The molecule has 0 radical (unpaired) electrons. The zero-order valence-corrected chi connectivity index (χ0v) is 14.7. The van der Waals surface area contributed by atoms with Gasteiger partial charge in [-0.1, -0.05) is 6.92 Å². The Morgan fingerprint density at radius 1 is 1.40 bits per heavy atom. The van der Waals surface area contributed by atoms with Crippen LogP contribution in [0, 0.1) is 0 Å². The summed E-state index contributed by atoms with van der Waals surface area (Å²) in [6.45, 7) is 4.16. The predicted molar refractivity (Wildman–Crippen MR) is 90.5 cm³/mol. The predicted octanol–water partition coefficient (Wildman–Crippen LogP) is 1.98. The molecule has 1 atom stereocenters. The molecule has 1 saturated heterocycles. The summed E-state index contributed by atoms with van der Waals surface area (Å²) in [7, 11) is -3.35. The van der Waals surface area contributed by atoms with Gasteiger partial charge in [0.15, 0.2) is 0 Å². The summed E-state index contributed by atoms with van der Waals surface area (Å²) in [6.07, 6.45) is 0. The van der Waals surface area contributed by atoms with E-state index < -0.39 is 10.0 Å². The van der Waals surface area contributed by atoms with E-state index in [9.17, 15) is 8.42 Å². The van der Waals surface area contributed by atoms with Crippen molar-refractivity contribution in [2.75, 3.05) is 30.3 Å². The fourth-order valence-corrected chi connectivity index (χ4v) is 6.84. The van der Waals surface area contributed by atoms with Gasteiger partial charge in [0.25, 0.3) is 0 Å². The number of hydrogen-bond acceptors (Lipinski definition) is 6. The third-order valence-electron chi connectivity index (χ3n) is 2.86. The summed E-state index contributed by atoms with van der Waals surface area (Å²) >= 11 is 5.05. The van der Waals surface area contributed by atoms with E-state index in [1.807, 2.05) is 35.8 Å². The van der Waals surface area contributed by atoms with Crippen molar-refractivity contribution >= 4 is 44.9 Å². The molecule has 1 aliphatic rings. The molecular weight excluding hydrogens is 332 g/mol. The molecule has 1 unspecified atom stereocenters. The second-order valence-electron chi connectivity index (χ2n) is 4.47. The molecule has 0 bridgehead atoms. The number of sulfonamides is 1. The third kappa shape index (κ3) is 4.92. The first kappa shape index (κ1) is 16.6. The second-order valence-corrected chi connectivity index (χ2v) is 9.94. The molecule has 1 aliphatic heterocycles. The maximum atomic E-state index is 12.2. The Balaban J connectivity index is 1.90. The molecule has 8 heteroatoms. The van der Waals surface area contributed by atoms with E-state index in [1.165, 1.54) is 17.1 Å². The Kier molecular flexibility index (Phi) is 6.70. The van der Waals surface area contributed by atoms with Gasteiger partial charge >= 0.3 is 0 Å². The highest BCUT2D eigenvalue weighted by molar-refractivity contribution is 8.06. The van der Waals surface area contributed by atoms with Gasteiger partial charge in [-0.15, -0.1) is 11.3 Å². The van der Waals surface area contributed by atoms with Crippen molar-refractivity contribution in [3.63, 3.8) is 0 Å². The van der Waals surface area contributed by atoms with Crippen molar-refractivity contribution in [3.05, 3.63) is 17.0 Å². The molecule has 0 aliphatic carbocycles. The largest absolute Gasteiger partial charge is 0.313 e. The van der Waals surface area contributed by atoms with Crippen LogP contribution in [0.25, 0.3) is 0 Å². The molecule has 1 aromatic rings. The molecule has 0 saturated carbocycles. The topological polar surface area (TPSA) is 58.2 Å². The van der Waals surface area contributed by atoms with Crippen molar-refractivity contribution < 1.29 is 8.42 Å². The normalized spacial score (nSPS) is 20.1. The molecule has 2 heterocycles. The summed E-state index contributed by atoms with van der Waals surface area (Å²) in [4.78, 5) is 0. The zero-order valence-electron chi connectivity index (χ0n) is 11.4. The number of thioether (sulfide) groups is 2. The molecule has 1 aromatic heterocycles. The van der Waals surface area contributed by atoms with Gasteiger partial charge in [-0.05, 0) is 23.6 Å². The zero-order chi connectivity index (χ0) is 14.4. The van der Waals surface area contributed by atoms with Crippen LogP contribution in [-0.2, 0) is 16.6 Å². The first-order valence-corrected chi connectivity index (χ1v) is 11.2. The van der Waals surface area contributed by atoms with Crippen LogP contribution in [0.1, 0.15) is 12.5 Å². The maximum Gasteiger partial charge on any atom is 0.250 e. The van der Waals surface area contributed by atoms with E-state index in [1.54, 1.807) is 6.07 Å². The Hall–Kier alpha value is 0.270. The maximum absolute atomic E-state index is 12.2. The molecule has 4 nitrogen and oxygen atoms in total. The quantitative estimate of drug-likeness (QED) is 0.786. The average molecular weight is 353 g/mol. The van der Waals surface area contributed by atoms with Gasteiger partial charge in [0.1, 0.15) is 4.21 Å². The van der Waals surface area contributed by atoms with Gasteiger partial charge in [0.2, 0.25) is 10.0 Å². The first-order valence-electron chi connectivity index (χ1n) is 6.59. The van der Waals surface area contributed by atoms with Crippen LogP contribution in [0.5, 0.6) is 0 Å². The minimum absolute atomic E-state index is 0.393. The van der Waals surface area contributed by atoms with E-state index in [0.29, 0.717) is 16.0 Å². The van der Waals surface area contributed by atoms with Gasteiger partial charge in [-0.25, -0.2) is 13.1 Å². The summed E-state index contributed by atoms with van der Waals surface area (Å²) in [5.74, 6) is 3.32. The van der Waals surface area contributed by atoms with Crippen molar-refractivity contribution in [2.24, 2.45) is 0 Å². The van der Waals surface area contributed by atoms with Crippen LogP contribution in [0.3, 0.4) is 0 Å². The highest BCUT2D eigenvalue weighted by Gasteiger charge is 2.20. The van der Waals surface area contributed by atoms with E-state index in [-0.39, 0.29) is 0 Å². The van der Waals surface area contributed by atoms with E-state index in [4.69, 9.17) is 0 Å². The monoisotopic (exact) mass is 352 g/mol. The van der Waals surface area contributed by atoms with Gasteiger partial charge in [0.05, 0.1) is 0 Å². The van der Waals surface area contributed by atoms with Crippen molar-refractivity contribution in [1.82, 2.24) is 10.0 Å². The van der Waals surface area contributed by atoms with Crippen molar-refractivity contribution in [3.8, 4) is 0 Å². The molecule has 20 heavy (non-hydrogen) atoms. The molecule has 2 N–H and O–H groups in total. The number of thiophene rings is 1. The van der Waals surface area contributed by atoms with Crippen molar-refractivity contribution in [1.29, 1.82) is 0 Å². The Morgan fingerprint density at radius 3 is 2.95 bits per heavy atom. The third-order valence-corrected chi connectivity index (χ3v) is 8.62. The van der Waals surface area contributed by atoms with E-state index in [2.05, 4.69) is 10.0 Å². The Morgan fingerprint density at radius 2 is 2.25 bits per heavy atom. The molecule has 0 spiro atoms. The molecular formula is C12H20N2O2S4. The number of rotatable bonds is 7. The van der Waals surface area contributed by atoms with Crippen LogP contribution >= 0.6 is 34.9 Å². The van der Waals surface area contributed by atoms with Crippen LogP contribution in [-0.4, -0.2) is 44.0 Å². The summed E-state index contributed by atoms with van der Waals surface area (Å²) < 4.78 is 27.6. The lowest BCUT2D eigenvalue weighted by Crippen LogP contribution is -2.33. The number of hydrogen-bond donors (Lipinski definition) is 2. The van der Waals surface area contributed by atoms with Crippen LogP contribution in [0.15, 0.2) is 15.7 Å². The molecule has 1 fully saturated rings. The molecule has 114 valence electrons.